The van der Waals surface area contributed by atoms with Crippen LogP contribution in [0.2, 0.25) is 0 Å². The van der Waals surface area contributed by atoms with E-state index >= 15 is 0 Å². The molecule has 0 spiro atoms. The van der Waals surface area contributed by atoms with Crippen LogP contribution in [0, 0.1) is 11.7 Å². The molecule has 1 aliphatic rings. The lowest BCUT2D eigenvalue weighted by Gasteiger charge is -2.14. The first-order valence-corrected chi connectivity index (χ1v) is 10.3. The number of hydrogen-bond acceptors (Lipinski definition) is 5. The van der Waals surface area contributed by atoms with Gasteiger partial charge in [-0.3, -0.25) is 14.3 Å². The van der Waals surface area contributed by atoms with E-state index in [1.165, 1.54) is 25.3 Å². The smallest absolute Gasteiger partial charge is 0.262 e. The van der Waals surface area contributed by atoms with E-state index in [1.54, 1.807) is 0 Å². The molecule has 2 aromatic rings. The van der Waals surface area contributed by atoms with Crippen molar-refractivity contribution in [1.29, 1.82) is 0 Å². The molecule has 2 amide bonds. The maximum absolute atomic E-state index is 13.1. The molecule has 0 heterocycles. The highest BCUT2D eigenvalue weighted by Crippen LogP contribution is 2.30. The lowest BCUT2D eigenvalue weighted by molar-refractivity contribution is -0.125. The van der Waals surface area contributed by atoms with Crippen molar-refractivity contribution in [1.82, 2.24) is 5.32 Å². The second-order valence-corrected chi connectivity index (χ2v) is 8.20. The fraction of sp³-hybridized carbons (Fsp3) is 0.263. The van der Waals surface area contributed by atoms with Gasteiger partial charge < -0.3 is 15.4 Å². The van der Waals surface area contributed by atoms with Gasteiger partial charge in [-0.2, -0.15) is 0 Å². The molecule has 1 fully saturated rings. The third kappa shape index (κ3) is 5.44. The standard InChI is InChI=1S/C19H20FN3O5S/c1-28-17-9-6-14(22-18(24)11-21-19(25)12-2-3-12)10-16(17)23-29(26,27)15-7-4-13(20)5-8-15/h4-10,12,23H,2-3,11H2,1H3,(H,21,25)(H,22,24). The van der Waals surface area contributed by atoms with E-state index in [0.29, 0.717) is 5.69 Å². The largest absolute Gasteiger partial charge is 0.495 e. The van der Waals surface area contributed by atoms with Gasteiger partial charge in [0.25, 0.3) is 10.0 Å². The number of ether oxygens (including phenoxy) is 1. The molecule has 0 aromatic heterocycles. The highest BCUT2D eigenvalue weighted by molar-refractivity contribution is 7.92. The summed E-state index contributed by atoms with van der Waals surface area (Å²) in [5.74, 6) is -0.925. The molecular formula is C19H20FN3O5S. The van der Waals surface area contributed by atoms with E-state index in [9.17, 15) is 22.4 Å². The zero-order valence-corrected chi connectivity index (χ0v) is 16.4. The average Bonchev–Trinajstić information content (AvgIpc) is 3.52. The average molecular weight is 421 g/mol. The number of amides is 2. The molecule has 29 heavy (non-hydrogen) atoms. The number of anilines is 2. The Morgan fingerprint density at radius 2 is 1.83 bits per heavy atom. The van der Waals surface area contributed by atoms with Crippen molar-refractivity contribution in [3.8, 4) is 5.75 Å². The summed E-state index contributed by atoms with van der Waals surface area (Å²) >= 11 is 0. The molecule has 0 aliphatic heterocycles. The van der Waals surface area contributed by atoms with Gasteiger partial charge in [-0.15, -0.1) is 0 Å². The summed E-state index contributed by atoms with van der Waals surface area (Å²) in [5.41, 5.74) is 0.407. The normalized spacial score (nSPS) is 13.4. The van der Waals surface area contributed by atoms with E-state index < -0.39 is 21.7 Å². The van der Waals surface area contributed by atoms with Crippen LogP contribution in [-0.4, -0.2) is 33.9 Å². The molecule has 0 radical (unpaired) electrons. The lowest BCUT2D eigenvalue weighted by Crippen LogP contribution is -2.33. The first kappa shape index (κ1) is 20.6. The second kappa shape index (κ2) is 8.48. The number of sulfonamides is 1. The minimum Gasteiger partial charge on any atom is -0.495 e. The molecule has 8 nitrogen and oxygen atoms in total. The minimum atomic E-state index is -4.00. The van der Waals surface area contributed by atoms with Crippen molar-refractivity contribution in [2.45, 2.75) is 17.7 Å². The van der Waals surface area contributed by atoms with Gasteiger partial charge in [0.2, 0.25) is 11.8 Å². The van der Waals surface area contributed by atoms with E-state index in [2.05, 4.69) is 15.4 Å². The molecule has 0 bridgehead atoms. The Morgan fingerprint density at radius 1 is 1.14 bits per heavy atom. The lowest BCUT2D eigenvalue weighted by atomic mass is 10.2. The van der Waals surface area contributed by atoms with Gasteiger partial charge in [-0.1, -0.05) is 0 Å². The number of carbonyl (C=O) groups is 2. The molecule has 1 saturated carbocycles. The SMILES string of the molecule is COc1ccc(NC(=O)CNC(=O)C2CC2)cc1NS(=O)(=O)c1ccc(F)cc1. The fourth-order valence-corrected chi connectivity index (χ4v) is 3.61. The van der Waals surface area contributed by atoms with E-state index in [4.69, 9.17) is 4.74 Å². The maximum atomic E-state index is 13.1. The van der Waals surface area contributed by atoms with Crippen LogP contribution >= 0.6 is 0 Å². The quantitative estimate of drug-likeness (QED) is 0.604. The molecule has 0 unspecified atom stereocenters. The van der Waals surface area contributed by atoms with Crippen LogP contribution in [0.5, 0.6) is 5.75 Å². The summed E-state index contributed by atoms with van der Waals surface area (Å²) < 4.78 is 45.7. The summed E-state index contributed by atoms with van der Waals surface area (Å²) in [7, 11) is -2.63. The van der Waals surface area contributed by atoms with Crippen LogP contribution in [0.3, 0.4) is 0 Å². The third-order valence-electron chi connectivity index (χ3n) is 4.22. The summed E-state index contributed by atoms with van der Waals surface area (Å²) in [5, 5.41) is 5.14. The van der Waals surface area contributed by atoms with E-state index in [1.807, 2.05) is 0 Å². The Kier molecular flexibility index (Phi) is 6.02. The van der Waals surface area contributed by atoms with Gasteiger partial charge in [-0.05, 0) is 55.3 Å². The molecular weight excluding hydrogens is 401 g/mol. The summed E-state index contributed by atoms with van der Waals surface area (Å²) in [6, 6.07) is 8.77. The Morgan fingerprint density at radius 3 is 2.45 bits per heavy atom. The second-order valence-electron chi connectivity index (χ2n) is 6.51. The first-order chi connectivity index (χ1) is 13.8. The van der Waals surface area contributed by atoms with Crippen molar-refractivity contribution in [2.24, 2.45) is 5.92 Å². The van der Waals surface area contributed by atoms with Crippen LogP contribution in [0.15, 0.2) is 47.4 Å². The number of nitrogens with one attached hydrogen (secondary N) is 3. The topological polar surface area (TPSA) is 114 Å². The Labute approximate surface area is 167 Å². The van der Waals surface area contributed by atoms with Crippen molar-refractivity contribution >= 4 is 33.2 Å². The predicted octanol–water partition coefficient (Wildman–Crippen LogP) is 2.10. The van der Waals surface area contributed by atoms with Crippen LogP contribution in [0.1, 0.15) is 12.8 Å². The predicted molar refractivity (Wildman–Crippen MR) is 105 cm³/mol. The van der Waals surface area contributed by atoms with Crippen molar-refractivity contribution in [2.75, 3.05) is 23.7 Å². The Hall–Kier alpha value is -3.14. The van der Waals surface area contributed by atoms with Gasteiger partial charge in [0, 0.05) is 11.6 Å². The van der Waals surface area contributed by atoms with Crippen LogP contribution in [0.25, 0.3) is 0 Å². The zero-order valence-electron chi connectivity index (χ0n) is 15.6. The summed E-state index contributed by atoms with van der Waals surface area (Å²) in [4.78, 5) is 23.5. The Bertz CT molecular complexity index is 1020. The molecule has 0 saturated heterocycles. The summed E-state index contributed by atoms with van der Waals surface area (Å²) in [6.45, 7) is -0.183. The van der Waals surface area contributed by atoms with Gasteiger partial charge in [-0.25, -0.2) is 12.8 Å². The van der Waals surface area contributed by atoms with Crippen molar-refractivity contribution in [3.05, 3.63) is 48.3 Å². The van der Waals surface area contributed by atoms with Gasteiger partial charge in [0.05, 0.1) is 24.2 Å². The first-order valence-electron chi connectivity index (χ1n) is 8.82. The molecule has 0 atom stereocenters. The molecule has 1 aliphatic carbocycles. The zero-order chi connectivity index (χ0) is 21.0. The van der Waals surface area contributed by atoms with Gasteiger partial charge in [0.15, 0.2) is 0 Å². The molecule has 3 N–H and O–H groups in total. The number of hydrogen-bond donors (Lipinski definition) is 3. The molecule has 154 valence electrons. The highest BCUT2D eigenvalue weighted by atomic mass is 32.2. The Balaban J connectivity index is 1.71. The number of halogens is 1. The third-order valence-corrected chi connectivity index (χ3v) is 5.60. The molecule has 3 rings (SSSR count). The molecule has 10 heteroatoms. The fourth-order valence-electron chi connectivity index (χ4n) is 2.55. The van der Waals surface area contributed by atoms with Crippen LogP contribution in [0.4, 0.5) is 15.8 Å². The number of rotatable bonds is 8. The van der Waals surface area contributed by atoms with Crippen molar-refractivity contribution < 1.29 is 27.1 Å². The van der Waals surface area contributed by atoms with E-state index in [-0.39, 0.29) is 34.7 Å². The maximum Gasteiger partial charge on any atom is 0.262 e. The molecule has 2 aromatic carbocycles. The van der Waals surface area contributed by atoms with Crippen LogP contribution < -0.4 is 20.1 Å². The van der Waals surface area contributed by atoms with E-state index in [0.717, 1.165) is 37.1 Å². The van der Waals surface area contributed by atoms with Crippen molar-refractivity contribution in [3.63, 3.8) is 0 Å². The minimum absolute atomic E-state index is 0.00347. The number of benzene rings is 2. The number of carbonyl (C=O) groups excluding carboxylic acids is 2. The monoisotopic (exact) mass is 421 g/mol. The number of methoxy groups -OCH3 is 1. The highest BCUT2D eigenvalue weighted by Gasteiger charge is 2.29. The van der Waals surface area contributed by atoms with Crippen LogP contribution in [-0.2, 0) is 19.6 Å². The van der Waals surface area contributed by atoms with Gasteiger partial charge >= 0.3 is 0 Å². The summed E-state index contributed by atoms with van der Waals surface area (Å²) in [6.07, 6.45) is 1.67. The van der Waals surface area contributed by atoms with Gasteiger partial charge in [0.1, 0.15) is 11.6 Å².